The smallest absolute Gasteiger partial charge is 0.404 e. The Balaban J connectivity index is 2.00. The number of carbonyl (C=O) groups is 1. The van der Waals surface area contributed by atoms with Gasteiger partial charge in [-0.15, -0.1) is 20.4 Å². The Labute approximate surface area is 230 Å². The monoisotopic (exact) mass is 590 g/mol. The normalized spacial score (nSPS) is 16.9. The van der Waals surface area contributed by atoms with Gasteiger partial charge in [0.15, 0.2) is 5.75 Å². The molecule has 0 spiro atoms. The number of aryl methyl sites for hydroxylation is 1. The van der Waals surface area contributed by atoms with Gasteiger partial charge in [-0.2, -0.15) is 13.2 Å². The second-order valence-electron chi connectivity index (χ2n) is 9.84. The Morgan fingerprint density at radius 2 is 1.95 bits per heavy atom. The number of rotatable bonds is 11. The minimum atomic E-state index is -4.93. The summed E-state index contributed by atoms with van der Waals surface area (Å²) in [4.78, 5) is 14.4. The van der Waals surface area contributed by atoms with Gasteiger partial charge >= 0.3 is 12.1 Å². The first kappa shape index (κ1) is 30.7. The number of azo groups is 1. The zero-order valence-electron chi connectivity index (χ0n) is 22.4. The summed E-state index contributed by atoms with van der Waals surface area (Å²) in [5, 5.41) is 15.6. The largest absolute Gasteiger partial charge is 0.457 e. The zero-order valence-corrected chi connectivity index (χ0v) is 24.1. The molecule has 2 aromatic rings. The second-order valence-corrected chi connectivity index (χ2v) is 12.5. The number of alkyl halides is 3. The van der Waals surface area contributed by atoms with Gasteiger partial charge in [-0.1, -0.05) is 39.0 Å². The fraction of sp³-hybridized carbons (Fsp3) is 0.625. The number of ether oxygens (including phenoxy) is 1. The second kappa shape index (κ2) is 12.6. The maximum atomic E-state index is 12.9. The quantitative estimate of drug-likeness (QED) is 0.237. The maximum Gasteiger partial charge on any atom is 0.404 e. The third kappa shape index (κ3) is 8.59. The molecule has 1 N–H and O–H groups in total. The Hall–Kier alpha value is -2.81. The van der Waals surface area contributed by atoms with Crippen LogP contribution in [0.1, 0.15) is 69.2 Å². The molecule has 0 saturated heterocycles. The van der Waals surface area contributed by atoms with E-state index in [0.717, 1.165) is 35.4 Å². The summed E-state index contributed by atoms with van der Waals surface area (Å²) < 4.78 is 70.9. The third-order valence-corrected chi connectivity index (χ3v) is 8.09. The van der Waals surface area contributed by atoms with Gasteiger partial charge in [-0.3, -0.25) is 4.72 Å². The number of carbonyl (C=O) groups excluding carboxylic acids is 1. The van der Waals surface area contributed by atoms with Crippen molar-refractivity contribution in [3.63, 3.8) is 0 Å². The average molecular weight is 591 g/mol. The lowest BCUT2D eigenvalue weighted by atomic mass is 9.92. The lowest BCUT2D eigenvalue weighted by Gasteiger charge is -2.40. The summed E-state index contributed by atoms with van der Waals surface area (Å²) in [6, 6.07) is 3.36. The highest BCUT2D eigenvalue weighted by molar-refractivity contribution is 7.92. The lowest BCUT2D eigenvalue weighted by Crippen LogP contribution is -2.41. The maximum absolute atomic E-state index is 12.9. The fourth-order valence-electron chi connectivity index (χ4n) is 4.16. The summed E-state index contributed by atoms with van der Waals surface area (Å²) in [6.07, 6.45) is -2.20. The molecule has 2 unspecified atom stereocenters. The van der Waals surface area contributed by atoms with Crippen molar-refractivity contribution in [1.29, 1.82) is 0 Å². The van der Waals surface area contributed by atoms with Gasteiger partial charge in [-0.05, 0) is 56.2 Å². The Bertz CT molecular complexity index is 1300. The molecule has 0 saturated carbocycles. The van der Waals surface area contributed by atoms with Crippen LogP contribution < -0.4 is 9.62 Å². The number of esters is 1. The molecule has 1 aromatic heterocycles. The standard InChI is InChI=1S/C24H33F3N6O4S2/c1-6-15(5)37-22(34)21-29-31-23(38-21)30-28-18-10-16-8-9-17(7-2)33(12-14(3)4)20(16)11-19(18)32-39(35,36)13-24(25,26)27/h10-11,14-15,17,32H,6-9,12-13H2,1-5H3. The van der Waals surface area contributed by atoms with Crippen molar-refractivity contribution in [2.45, 2.75) is 78.6 Å². The van der Waals surface area contributed by atoms with Crippen LogP contribution in [0.4, 0.5) is 35.4 Å². The van der Waals surface area contributed by atoms with E-state index in [1.54, 1.807) is 13.0 Å². The molecule has 10 nitrogen and oxygen atoms in total. The summed E-state index contributed by atoms with van der Waals surface area (Å²) in [6.45, 7) is 10.5. The minimum Gasteiger partial charge on any atom is -0.457 e. The van der Waals surface area contributed by atoms with E-state index >= 15 is 0 Å². The molecule has 0 fully saturated rings. The van der Waals surface area contributed by atoms with Crippen LogP contribution in [-0.4, -0.2) is 55.2 Å². The van der Waals surface area contributed by atoms with Crippen molar-refractivity contribution in [1.82, 2.24) is 10.2 Å². The molecular formula is C24H33F3N6O4S2. The molecule has 1 aromatic carbocycles. The Morgan fingerprint density at radius 3 is 2.56 bits per heavy atom. The highest BCUT2D eigenvalue weighted by Gasteiger charge is 2.36. The molecule has 1 aliphatic rings. The highest BCUT2D eigenvalue weighted by Crippen LogP contribution is 2.41. The van der Waals surface area contributed by atoms with Crippen LogP contribution in [-0.2, 0) is 21.2 Å². The first-order chi connectivity index (χ1) is 18.2. The van der Waals surface area contributed by atoms with Crippen LogP contribution in [0.3, 0.4) is 0 Å². The molecule has 3 rings (SSSR count). The number of benzene rings is 1. The van der Waals surface area contributed by atoms with Gasteiger partial charge in [-0.25, -0.2) is 13.2 Å². The van der Waals surface area contributed by atoms with E-state index in [4.69, 9.17) is 4.74 Å². The van der Waals surface area contributed by atoms with Crippen molar-refractivity contribution in [2.24, 2.45) is 16.1 Å². The molecule has 0 radical (unpaired) electrons. The van der Waals surface area contributed by atoms with Crippen molar-refractivity contribution in [3.05, 3.63) is 22.7 Å². The number of anilines is 2. The van der Waals surface area contributed by atoms with Gasteiger partial charge in [0.05, 0.1) is 11.8 Å². The van der Waals surface area contributed by atoms with Gasteiger partial charge in [0, 0.05) is 18.3 Å². The molecule has 15 heteroatoms. The van der Waals surface area contributed by atoms with Crippen molar-refractivity contribution in [2.75, 3.05) is 21.9 Å². The number of sulfonamides is 1. The number of nitrogens with zero attached hydrogens (tertiary/aromatic N) is 5. The first-order valence-corrected chi connectivity index (χ1v) is 15.1. The third-order valence-electron chi connectivity index (χ3n) is 6.06. The topological polar surface area (TPSA) is 126 Å². The Kier molecular flexibility index (Phi) is 9.91. The van der Waals surface area contributed by atoms with E-state index in [-0.39, 0.29) is 33.7 Å². The molecule has 0 bridgehead atoms. The van der Waals surface area contributed by atoms with Crippen LogP contribution in [0.5, 0.6) is 0 Å². The highest BCUT2D eigenvalue weighted by atomic mass is 32.2. The summed E-state index contributed by atoms with van der Waals surface area (Å²) in [5.41, 5.74) is 1.52. The molecule has 0 aliphatic carbocycles. The van der Waals surface area contributed by atoms with E-state index < -0.39 is 27.9 Å². The predicted octanol–water partition coefficient (Wildman–Crippen LogP) is 6.40. The summed E-state index contributed by atoms with van der Waals surface area (Å²) >= 11 is 0.826. The molecular weight excluding hydrogens is 557 g/mol. The number of nitrogens with one attached hydrogen (secondary N) is 1. The van der Waals surface area contributed by atoms with E-state index in [9.17, 15) is 26.4 Å². The number of halogens is 3. The van der Waals surface area contributed by atoms with Crippen LogP contribution in [0.2, 0.25) is 0 Å². The lowest BCUT2D eigenvalue weighted by molar-refractivity contribution is -0.106. The van der Waals surface area contributed by atoms with E-state index in [1.807, 2.05) is 6.92 Å². The minimum absolute atomic E-state index is 0.000372. The van der Waals surface area contributed by atoms with Gasteiger partial charge in [0.1, 0.15) is 5.69 Å². The van der Waals surface area contributed by atoms with E-state index in [2.05, 4.69) is 50.8 Å². The fourth-order valence-corrected chi connectivity index (χ4v) is 5.71. The first-order valence-electron chi connectivity index (χ1n) is 12.7. The zero-order chi connectivity index (χ0) is 29.0. The van der Waals surface area contributed by atoms with Gasteiger partial charge in [0.2, 0.25) is 15.0 Å². The molecule has 2 heterocycles. The molecule has 39 heavy (non-hydrogen) atoms. The van der Waals surface area contributed by atoms with Crippen molar-refractivity contribution < 1.29 is 31.1 Å². The molecule has 2 atom stereocenters. The van der Waals surface area contributed by atoms with Crippen LogP contribution in [0.25, 0.3) is 0 Å². The van der Waals surface area contributed by atoms with Crippen LogP contribution in [0, 0.1) is 5.92 Å². The predicted molar refractivity (Wildman–Crippen MR) is 144 cm³/mol. The average Bonchev–Trinajstić information content (AvgIpc) is 3.30. The molecule has 1 aliphatic heterocycles. The van der Waals surface area contributed by atoms with Crippen molar-refractivity contribution in [3.8, 4) is 0 Å². The number of hydrogen-bond donors (Lipinski definition) is 1. The van der Waals surface area contributed by atoms with Crippen LogP contribution in [0.15, 0.2) is 22.4 Å². The summed E-state index contributed by atoms with van der Waals surface area (Å²) in [7, 11) is -4.79. The molecule has 0 amide bonds. The SMILES string of the molecule is CCC(C)OC(=O)c1nnc(N=Nc2cc3c(cc2NS(=O)(=O)CC(F)(F)F)N(CC(C)C)C(CC)CC3)s1. The van der Waals surface area contributed by atoms with Crippen molar-refractivity contribution >= 4 is 49.5 Å². The van der Waals surface area contributed by atoms with E-state index in [0.29, 0.717) is 25.3 Å². The summed E-state index contributed by atoms with van der Waals surface area (Å²) in [5.74, 6) is -2.40. The Morgan fingerprint density at radius 1 is 1.23 bits per heavy atom. The van der Waals surface area contributed by atoms with Gasteiger partial charge in [0.25, 0.3) is 5.13 Å². The van der Waals surface area contributed by atoms with Gasteiger partial charge < -0.3 is 9.64 Å². The number of hydrogen-bond acceptors (Lipinski definition) is 10. The molecule has 216 valence electrons. The number of fused-ring (bicyclic) bond motifs is 1. The van der Waals surface area contributed by atoms with Crippen LogP contribution >= 0.6 is 11.3 Å². The van der Waals surface area contributed by atoms with E-state index in [1.165, 1.54) is 6.07 Å². The number of aromatic nitrogens is 2.